The number of carbonyl (C=O) groups is 1. The van der Waals surface area contributed by atoms with Crippen molar-refractivity contribution in [3.05, 3.63) is 94.5 Å². The first-order valence-electron chi connectivity index (χ1n) is 13.0. The topological polar surface area (TPSA) is 82.1 Å². The summed E-state index contributed by atoms with van der Waals surface area (Å²) in [6, 6.07) is 9.56. The number of nitrogens with zero attached hydrogens (tertiary/aromatic N) is 2. The van der Waals surface area contributed by atoms with E-state index in [1.165, 1.54) is 17.2 Å². The summed E-state index contributed by atoms with van der Waals surface area (Å²) in [6.07, 6.45) is 12.1. The Morgan fingerprint density at radius 1 is 1.41 bits per heavy atom. The van der Waals surface area contributed by atoms with Gasteiger partial charge in [-0.25, -0.2) is 4.39 Å². The molecule has 0 fully saturated rings. The first kappa shape index (κ1) is 29.8. The Balaban J connectivity index is 0.000000335. The van der Waals surface area contributed by atoms with Crippen LogP contribution in [0.4, 0.5) is 4.39 Å². The highest BCUT2D eigenvalue weighted by atomic mass is 19.1. The van der Waals surface area contributed by atoms with Crippen molar-refractivity contribution in [2.24, 2.45) is 11.7 Å². The summed E-state index contributed by atoms with van der Waals surface area (Å²) in [7, 11) is 1.88. The molecular weight excluding hydrogens is 463 g/mol. The lowest BCUT2D eigenvalue weighted by molar-refractivity contribution is -0.120. The van der Waals surface area contributed by atoms with Crippen LogP contribution in [-0.4, -0.2) is 30.4 Å². The second-order valence-corrected chi connectivity index (χ2v) is 9.69. The molecule has 198 valence electrons. The van der Waals surface area contributed by atoms with Gasteiger partial charge in [-0.1, -0.05) is 55.4 Å². The molecule has 1 heterocycles. The van der Waals surface area contributed by atoms with Gasteiger partial charge in [-0.05, 0) is 68.4 Å². The fourth-order valence-electron chi connectivity index (χ4n) is 4.70. The van der Waals surface area contributed by atoms with Crippen LogP contribution in [-0.2, 0) is 11.3 Å². The summed E-state index contributed by atoms with van der Waals surface area (Å²) in [5, 5.41) is 13.0. The molecule has 1 aromatic rings. The fourth-order valence-corrected chi connectivity index (χ4v) is 4.70. The highest BCUT2D eigenvalue weighted by molar-refractivity contribution is 5.79. The van der Waals surface area contributed by atoms with Gasteiger partial charge in [0.2, 0.25) is 5.91 Å². The van der Waals surface area contributed by atoms with E-state index in [1.807, 2.05) is 37.4 Å². The SMILES string of the molecule is C=CCC1=CCC(C(N)=O)C=C1.CCC/C(NC)=C(/C#N)C1=C(C)CC(C)N(Cc2cccc(F)c2)C1. The maximum absolute atomic E-state index is 13.5. The Morgan fingerprint density at radius 2 is 2.16 bits per heavy atom. The van der Waals surface area contributed by atoms with Crippen LogP contribution in [0.25, 0.3) is 0 Å². The van der Waals surface area contributed by atoms with Crippen molar-refractivity contribution in [2.45, 2.75) is 65.5 Å². The van der Waals surface area contributed by atoms with Gasteiger partial charge in [0.05, 0.1) is 11.5 Å². The predicted molar refractivity (Wildman–Crippen MR) is 150 cm³/mol. The minimum Gasteiger partial charge on any atom is -0.390 e. The van der Waals surface area contributed by atoms with E-state index in [2.05, 4.69) is 43.6 Å². The molecule has 2 unspecified atom stereocenters. The number of rotatable bonds is 9. The van der Waals surface area contributed by atoms with Crippen molar-refractivity contribution in [3.63, 3.8) is 0 Å². The number of amides is 1. The number of hydrogen-bond donors (Lipinski definition) is 2. The lowest BCUT2D eigenvalue weighted by atomic mass is 9.89. The van der Waals surface area contributed by atoms with Crippen molar-refractivity contribution >= 4 is 5.91 Å². The summed E-state index contributed by atoms with van der Waals surface area (Å²) in [4.78, 5) is 13.1. The highest BCUT2D eigenvalue weighted by Crippen LogP contribution is 2.30. The van der Waals surface area contributed by atoms with E-state index in [0.29, 0.717) is 12.6 Å². The maximum Gasteiger partial charge on any atom is 0.224 e. The van der Waals surface area contributed by atoms with E-state index in [0.717, 1.165) is 61.1 Å². The molecule has 0 spiro atoms. The minimum atomic E-state index is -0.250. The molecule has 1 aliphatic heterocycles. The summed E-state index contributed by atoms with van der Waals surface area (Å²) < 4.78 is 13.5. The van der Waals surface area contributed by atoms with Crippen LogP contribution in [0.5, 0.6) is 0 Å². The van der Waals surface area contributed by atoms with Gasteiger partial charge >= 0.3 is 0 Å². The number of nitrogens with two attached hydrogens (primary N) is 1. The zero-order valence-corrected chi connectivity index (χ0v) is 22.7. The van der Waals surface area contributed by atoms with E-state index in [1.54, 1.807) is 12.1 Å². The van der Waals surface area contributed by atoms with E-state index in [9.17, 15) is 14.4 Å². The predicted octanol–water partition coefficient (Wildman–Crippen LogP) is 6.08. The van der Waals surface area contributed by atoms with Crippen LogP contribution >= 0.6 is 0 Å². The van der Waals surface area contributed by atoms with Crippen molar-refractivity contribution < 1.29 is 9.18 Å². The molecule has 1 aliphatic carbocycles. The molecular formula is C31H41FN4O. The van der Waals surface area contributed by atoms with Crippen LogP contribution in [0.1, 0.15) is 58.4 Å². The average molecular weight is 505 g/mol. The van der Waals surface area contributed by atoms with Crippen LogP contribution in [0.3, 0.4) is 0 Å². The van der Waals surface area contributed by atoms with Gasteiger partial charge in [-0.15, -0.1) is 6.58 Å². The zero-order valence-electron chi connectivity index (χ0n) is 22.7. The van der Waals surface area contributed by atoms with Crippen molar-refractivity contribution in [2.75, 3.05) is 13.6 Å². The van der Waals surface area contributed by atoms with Crippen molar-refractivity contribution in [1.82, 2.24) is 10.2 Å². The van der Waals surface area contributed by atoms with Crippen LogP contribution in [0, 0.1) is 23.1 Å². The second kappa shape index (κ2) is 15.0. The fraction of sp³-hybridized carbons (Fsp3) is 0.419. The monoisotopic (exact) mass is 504 g/mol. The molecule has 0 saturated carbocycles. The molecule has 0 radical (unpaired) electrons. The number of carbonyl (C=O) groups excluding carboxylic acids is 1. The largest absolute Gasteiger partial charge is 0.390 e. The Bertz CT molecular complexity index is 1120. The smallest absolute Gasteiger partial charge is 0.224 e. The van der Waals surface area contributed by atoms with Gasteiger partial charge in [0.1, 0.15) is 11.9 Å². The molecule has 3 N–H and O–H groups in total. The van der Waals surface area contributed by atoms with Gasteiger partial charge in [0.25, 0.3) is 0 Å². The molecule has 2 aliphatic rings. The molecule has 37 heavy (non-hydrogen) atoms. The van der Waals surface area contributed by atoms with Crippen LogP contribution in [0.15, 0.2) is 83.1 Å². The Morgan fingerprint density at radius 3 is 2.70 bits per heavy atom. The summed E-state index contributed by atoms with van der Waals surface area (Å²) in [5.74, 6) is -0.564. The average Bonchev–Trinajstić information content (AvgIpc) is 2.87. The third kappa shape index (κ3) is 8.87. The summed E-state index contributed by atoms with van der Waals surface area (Å²) in [5.41, 5.74) is 11.5. The molecule has 0 aromatic heterocycles. The molecule has 1 aromatic carbocycles. The molecule has 0 saturated heterocycles. The number of allylic oxidation sites excluding steroid dienone is 5. The van der Waals surface area contributed by atoms with Crippen molar-refractivity contribution in [3.8, 4) is 6.07 Å². The molecule has 0 bridgehead atoms. The third-order valence-electron chi connectivity index (χ3n) is 6.82. The van der Waals surface area contributed by atoms with Crippen molar-refractivity contribution in [1.29, 1.82) is 5.26 Å². The quantitative estimate of drug-likeness (QED) is 0.315. The van der Waals surface area contributed by atoms with Crippen LogP contribution < -0.4 is 11.1 Å². The number of nitrogens with one attached hydrogen (secondary N) is 1. The lowest BCUT2D eigenvalue weighted by Crippen LogP contribution is -2.38. The van der Waals surface area contributed by atoms with Gasteiger partial charge in [-0.3, -0.25) is 9.69 Å². The highest BCUT2D eigenvalue weighted by Gasteiger charge is 2.26. The van der Waals surface area contributed by atoms with Gasteiger partial charge < -0.3 is 11.1 Å². The van der Waals surface area contributed by atoms with Crippen LogP contribution in [0.2, 0.25) is 0 Å². The maximum atomic E-state index is 13.5. The summed E-state index contributed by atoms with van der Waals surface area (Å²) in [6.45, 7) is 11.5. The van der Waals surface area contributed by atoms with Gasteiger partial charge in [-0.2, -0.15) is 5.26 Å². The molecule has 1 amide bonds. The van der Waals surface area contributed by atoms with Gasteiger partial charge in [0, 0.05) is 31.9 Å². The normalized spacial score (nSPS) is 20.2. The standard InChI is InChI=1S/C21H28FN3.C10H13NO/c1-5-7-21(24-4)19(12-23)20-14-25(16(3)10-15(20)2)13-17-8-6-9-18(22)11-17;1-2-3-8-4-6-9(7-5-8)10(11)12/h6,8-9,11,16,24H,5,7,10,13-14H2,1-4H3;2,4-6,9H,1,3,7H2,(H2,11,12)/b21-19+;. The number of halogens is 1. The van der Waals surface area contributed by atoms with E-state index >= 15 is 0 Å². The molecule has 6 heteroatoms. The number of primary amides is 1. The Labute approximate surface area is 221 Å². The number of benzene rings is 1. The van der Waals surface area contributed by atoms with E-state index in [4.69, 9.17) is 5.73 Å². The van der Waals surface area contributed by atoms with E-state index in [-0.39, 0.29) is 17.6 Å². The number of nitriles is 1. The Hall–Kier alpha value is -3.43. The molecule has 5 nitrogen and oxygen atoms in total. The number of hydrogen-bond acceptors (Lipinski definition) is 4. The Kier molecular flexibility index (Phi) is 12.1. The molecule has 3 rings (SSSR count). The van der Waals surface area contributed by atoms with Gasteiger partial charge in [0.15, 0.2) is 0 Å². The first-order valence-corrected chi connectivity index (χ1v) is 13.0. The molecule has 2 atom stereocenters. The summed E-state index contributed by atoms with van der Waals surface area (Å²) >= 11 is 0. The second-order valence-electron chi connectivity index (χ2n) is 9.69. The van der Waals surface area contributed by atoms with E-state index < -0.39 is 0 Å². The lowest BCUT2D eigenvalue weighted by Gasteiger charge is -2.36. The third-order valence-corrected chi connectivity index (χ3v) is 6.82. The first-order chi connectivity index (χ1) is 17.7. The minimum absolute atomic E-state index is 0.112. The zero-order chi connectivity index (χ0) is 27.4.